The van der Waals surface area contributed by atoms with Crippen LogP contribution in [0.4, 0.5) is 0 Å². The smallest absolute Gasteiger partial charge is 0.222 e. The summed E-state index contributed by atoms with van der Waals surface area (Å²) in [6.45, 7) is 2.13. The van der Waals surface area contributed by atoms with E-state index < -0.39 is 0 Å². The molecule has 92 valence electrons. The molecule has 0 bridgehead atoms. The van der Waals surface area contributed by atoms with Gasteiger partial charge in [-0.25, -0.2) is 0 Å². The molecule has 3 heterocycles. The molecule has 2 atom stereocenters. The van der Waals surface area contributed by atoms with Crippen LogP contribution in [0.2, 0.25) is 0 Å². The van der Waals surface area contributed by atoms with Gasteiger partial charge < -0.3 is 10.2 Å². The molecule has 0 saturated carbocycles. The standard InChI is InChI=1S/C11H17N4OS/c1-17-11-12-5-8-6-14(16)7-9-3-2-4-15(9)10(8)13-11/h5,9,11,13H,2-4,6-7H2,1H3/q+1/t9?,11-/m0/s1. The molecule has 0 spiro atoms. The Morgan fingerprint density at radius 2 is 2.53 bits per heavy atom. The molecule has 17 heavy (non-hydrogen) atoms. The molecule has 6 heteroatoms. The lowest BCUT2D eigenvalue weighted by Gasteiger charge is -2.30. The molecule has 1 N–H and O–H groups in total. The Morgan fingerprint density at radius 1 is 1.65 bits per heavy atom. The Kier molecular flexibility index (Phi) is 2.82. The number of rotatable bonds is 1. The molecule has 3 aliphatic rings. The summed E-state index contributed by atoms with van der Waals surface area (Å²) in [5, 5.41) is 3.44. The molecule has 1 fully saturated rings. The van der Waals surface area contributed by atoms with Gasteiger partial charge in [0.1, 0.15) is 5.82 Å². The maximum atomic E-state index is 11.8. The number of fused-ring (bicyclic) bond motifs is 2. The number of aliphatic imine (C=N–C) groups is 1. The van der Waals surface area contributed by atoms with E-state index in [9.17, 15) is 4.91 Å². The Hall–Kier alpha value is -1.04. The van der Waals surface area contributed by atoms with E-state index in [0.29, 0.717) is 19.1 Å². The van der Waals surface area contributed by atoms with Crippen LogP contribution < -0.4 is 5.32 Å². The maximum Gasteiger partial charge on any atom is 0.222 e. The zero-order valence-corrected chi connectivity index (χ0v) is 10.7. The van der Waals surface area contributed by atoms with Crippen LogP contribution in [0.15, 0.2) is 16.4 Å². The van der Waals surface area contributed by atoms with Gasteiger partial charge in [-0.3, -0.25) is 4.99 Å². The van der Waals surface area contributed by atoms with Crippen LogP contribution in [-0.2, 0) is 0 Å². The van der Waals surface area contributed by atoms with Crippen molar-refractivity contribution < 1.29 is 4.76 Å². The molecule has 3 aliphatic heterocycles. The summed E-state index contributed by atoms with van der Waals surface area (Å²) in [6.07, 6.45) is 6.22. The molecule has 0 aromatic carbocycles. The topological polar surface area (TPSA) is 47.7 Å². The highest BCUT2D eigenvalue weighted by atomic mass is 32.2. The first-order valence-electron chi connectivity index (χ1n) is 6.02. The van der Waals surface area contributed by atoms with Gasteiger partial charge in [0.15, 0.2) is 5.50 Å². The fourth-order valence-corrected chi connectivity index (χ4v) is 3.19. The first-order chi connectivity index (χ1) is 8.28. The van der Waals surface area contributed by atoms with Crippen molar-refractivity contribution in [3.63, 3.8) is 0 Å². The van der Waals surface area contributed by atoms with E-state index in [-0.39, 0.29) is 5.50 Å². The van der Waals surface area contributed by atoms with Crippen LogP contribution >= 0.6 is 11.8 Å². The van der Waals surface area contributed by atoms with Gasteiger partial charge in [0.25, 0.3) is 0 Å². The van der Waals surface area contributed by atoms with E-state index in [1.165, 1.54) is 11.2 Å². The molecular weight excluding hydrogens is 236 g/mol. The molecule has 0 aromatic rings. The van der Waals surface area contributed by atoms with Crippen molar-refractivity contribution in [2.45, 2.75) is 24.4 Å². The largest absolute Gasteiger partial charge is 0.348 e. The minimum absolute atomic E-state index is 0.0909. The third-order valence-corrected chi connectivity index (χ3v) is 4.26. The normalized spacial score (nSPS) is 32.1. The lowest BCUT2D eigenvalue weighted by Crippen LogP contribution is -2.41. The average Bonchev–Trinajstić information content (AvgIpc) is 2.72. The molecule has 0 amide bonds. The first kappa shape index (κ1) is 11.1. The fraction of sp³-hybridized carbons (Fsp3) is 0.727. The molecule has 5 nitrogen and oxygen atoms in total. The van der Waals surface area contributed by atoms with Crippen LogP contribution in [0.25, 0.3) is 0 Å². The summed E-state index contributed by atoms with van der Waals surface area (Å²) in [4.78, 5) is 18.6. The zero-order chi connectivity index (χ0) is 11.8. The Labute approximate surface area is 105 Å². The monoisotopic (exact) mass is 253 g/mol. The molecule has 1 saturated heterocycles. The summed E-state index contributed by atoms with van der Waals surface area (Å²) in [5.41, 5.74) is 1.13. The van der Waals surface area contributed by atoms with Crippen molar-refractivity contribution in [1.82, 2.24) is 10.2 Å². The molecule has 0 aliphatic carbocycles. The summed E-state index contributed by atoms with van der Waals surface area (Å²) in [7, 11) is 0. The Morgan fingerprint density at radius 3 is 3.35 bits per heavy atom. The van der Waals surface area contributed by atoms with Gasteiger partial charge in [-0.15, -0.1) is 11.8 Å². The Bertz CT molecular complexity index is 406. The predicted octanol–water partition coefficient (Wildman–Crippen LogP) is 0.776. The van der Waals surface area contributed by atoms with Gasteiger partial charge >= 0.3 is 0 Å². The van der Waals surface area contributed by atoms with Crippen LogP contribution in [0.3, 0.4) is 0 Å². The van der Waals surface area contributed by atoms with Gasteiger partial charge in [0.05, 0.1) is 11.6 Å². The minimum Gasteiger partial charge on any atom is -0.348 e. The third kappa shape index (κ3) is 1.94. The van der Waals surface area contributed by atoms with E-state index in [1.54, 1.807) is 11.8 Å². The lowest BCUT2D eigenvalue weighted by atomic mass is 10.2. The number of hydrogen-bond acceptors (Lipinski definition) is 5. The van der Waals surface area contributed by atoms with Crippen molar-refractivity contribution in [1.29, 1.82) is 0 Å². The number of thioether (sulfide) groups is 1. The third-order valence-electron chi connectivity index (χ3n) is 3.58. The fourth-order valence-electron chi connectivity index (χ4n) is 2.78. The predicted molar refractivity (Wildman–Crippen MR) is 69.0 cm³/mol. The van der Waals surface area contributed by atoms with E-state index in [4.69, 9.17) is 0 Å². The average molecular weight is 253 g/mol. The molecular formula is C11H17N4OS+. The number of nitrogens with zero attached hydrogens (tertiary/aromatic N) is 3. The quantitative estimate of drug-likeness (QED) is 0.701. The summed E-state index contributed by atoms with van der Waals surface area (Å²) < 4.78 is 1.17. The SMILES string of the molecule is CS[C@H]1N=CC2=C(N1)N1CCCC1C[N+](=O)C2. The van der Waals surface area contributed by atoms with E-state index in [2.05, 4.69) is 15.2 Å². The van der Waals surface area contributed by atoms with Crippen molar-refractivity contribution in [3.8, 4) is 0 Å². The number of nitrogens with one attached hydrogen (secondary N) is 1. The van der Waals surface area contributed by atoms with Gasteiger partial charge in [-0.05, 0) is 19.1 Å². The van der Waals surface area contributed by atoms with Crippen LogP contribution in [0, 0.1) is 4.91 Å². The van der Waals surface area contributed by atoms with E-state index >= 15 is 0 Å². The van der Waals surface area contributed by atoms with Crippen molar-refractivity contribution in [3.05, 3.63) is 16.3 Å². The van der Waals surface area contributed by atoms with Gasteiger partial charge in [-0.1, -0.05) is 0 Å². The highest BCUT2D eigenvalue weighted by Gasteiger charge is 2.38. The van der Waals surface area contributed by atoms with Gasteiger partial charge in [0.2, 0.25) is 13.1 Å². The second-order valence-electron chi connectivity index (χ2n) is 4.70. The van der Waals surface area contributed by atoms with Crippen molar-refractivity contribution in [2.75, 3.05) is 25.9 Å². The highest BCUT2D eigenvalue weighted by Crippen LogP contribution is 2.28. The van der Waals surface area contributed by atoms with Crippen LogP contribution in [0.5, 0.6) is 0 Å². The van der Waals surface area contributed by atoms with Crippen LogP contribution in [-0.4, -0.2) is 53.3 Å². The highest BCUT2D eigenvalue weighted by molar-refractivity contribution is 7.99. The summed E-state index contributed by atoms with van der Waals surface area (Å²) in [5.74, 6) is 1.14. The van der Waals surface area contributed by atoms with Crippen LogP contribution in [0.1, 0.15) is 12.8 Å². The molecule has 3 rings (SSSR count). The summed E-state index contributed by atoms with van der Waals surface area (Å²) in [6, 6.07) is 0.376. The molecule has 1 unspecified atom stereocenters. The first-order valence-corrected chi connectivity index (χ1v) is 7.31. The Balaban J connectivity index is 1.94. The van der Waals surface area contributed by atoms with Gasteiger partial charge in [-0.2, -0.15) is 0 Å². The maximum absolute atomic E-state index is 11.8. The second-order valence-corrected chi connectivity index (χ2v) is 5.61. The lowest BCUT2D eigenvalue weighted by molar-refractivity contribution is -0.542. The van der Waals surface area contributed by atoms with E-state index in [0.717, 1.165) is 24.4 Å². The second kappa shape index (κ2) is 4.33. The van der Waals surface area contributed by atoms with Gasteiger partial charge in [0, 0.05) is 22.4 Å². The molecule has 0 radical (unpaired) electrons. The summed E-state index contributed by atoms with van der Waals surface area (Å²) >= 11 is 1.68. The minimum atomic E-state index is 0.0909. The zero-order valence-electron chi connectivity index (χ0n) is 9.93. The molecule has 0 aromatic heterocycles. The van der Waals surface area contributed by atoms with Crippen molar-refractivity contribution >= 4 is 18.0 Å². The van der Waals surface area contributed by atoms with Crippen molar-refractivity contribution in [2.24, 2.45) is 4.99 Å². The van der Waals surface area contributed by atoms with E-state index in [1.807, 2.05) is 12.5 Å². The number of nitroso groups, excluding NO2 is 1. The number of hydrogen-bond donors (Lipinski definition) is 1.